The van der Waals surface area contributed by atoms with Gasteiger partial charge in [-0.25, -0.2) is 9.59 Å². The summed E-state index contributed by atoms with van der Waals surface area (Å²) < 4.78 is 23.0. The van der Waals surface area contributed by atoms with E-state index < -0.39 is 12.1 Å². The smallest absolute Gasteiger partial charge is 0.345 e. The van der Waals surface area contributed by atoms with Gasteiger partial charge in [-0.2, -0.15) is 39.9 Å². The number of carbonyl (C=O) groups is 4. The largest absolute Gasteiger partial charge is 0.378 e. The predicted octanol–water partition coefficient (Wildman–Crippen LogP) is 5.76. The number of piperazine rings is 2. The van der Waals surface area contributed by atoms with Crippen LogP contribution in [0.4, 0.5) is 56.1 Å². The second-order valence-electron chi connectivity index (χ2n) is 23.9. The summed E-state index contributed by atoms with van der Waals surface area (Å²) in [5.74, 6) is 2.81. The highest BCUT2D eigenvalue weighted by Crippen LogP contribution is 2.32. The molecule has 0 saturated carbocycles. The van der Waals surface area contributed by atoms with Crippen LogP contribution in [0, 0.1) is 0 Å². The number of amides is 6. The molecule has 12 rings (SSSR count). The molecule has 4 unspecified atom stereocenters. The van der Waals surface area contributed by atoms with Crippen molar-refractivity contribution in [2.75, 3.05) is 186 Å². The molecule has 8 heterocycles. The third kappa shape index (κ3) is 14.2. The van der Waals surface area contributed by atoms with Crippen molar-refractivity contribution in [2.45, 2.75) is 52.0 Å². The number of ether oxygens (including phenoxy) is 4. The topological polar surface area (TPSA) is 239 Å². The fourth-order valence-electron chi connectivity index (χ4n) is 12.2. The summed E-state index contributed by atoms with van der Waals surface area (Å²) in [6.45, 7) is 20.5. The molecule has 0 spiro atoms. The van der Waals surface area contributed by atoms with E-state index in [1.807, 2.05) is 75.9 Å². The number of nitrogens with one attached hydrogen (secondary N) is 2. The predicted molar refractivity (Wildman–Crippen MR) is 344 cm³/mol. The highest BCUT2D eigenvalue weighted by atomic mass is 16.5. The molecule has 6 aliphatic rings. The number of rotatable bonds is 12. The Morgan fingerprint density at radius 2 is 0.756 bits per heavy atom. The molecular formula is C64H80N18O8. The number of aromatic nitrogens is 6. The Morgan fingerprint density at radius 1 is 0.411 bits per heavy atom. The Kier molecular flexibility index (Phi) is 18.9. The minimum atomic E-state index is -0.721. The molecule has 6 fully saturated rings. The number of likely N-dealkylation sites (N-methyl/N-ethyl adjacent to an activating group) is 2. The van der Waals surface area contributed by atoms with Gasteiger partial charge in [0.1, 0.15) is 0 Å². The third-order valence-electron chi connectivity index (χ3n) is 17.1. The number of benzene rings is 4. The minimum absolute atomic E-state index is 0.00381. The summed E-state index contributed by atoms with van der Waals surface area (Å²) in [7, 11) is 4.08. The molecule has 6 aliphatic heterocycles. The highest BCUT2D eigenvalue weighted by Gasteiger charge is 2.34. The zero-order valence-corrected chi connectivity index (χ0v) is 52.1. The number of urea groups is 2. The monoisotopic (exact) mass is 1230 g/mol. The SMILES string of the molecule is CC1CN(c2nc(-c3ccc(NC(=O)N(c4ccc(C(=O)N5CCN(C)CC5C)cc4)N(C(=O)Nc4ccc(-c5nc(N6CCOCC6)nc(N6CCOC(C)C6)n5)cc4)c4ccc(C(=O)N5CCN(C)CC5C)cc4)cc3)nc(N3CCOCC3)n2)CCO1. The fourth-order valence-corrected chi connectivity index (χ4v) is 12.2. The van der Waals surface area contributed by atoms with Crippen LogP contribution >= 0.6 is 0 Å². The lowest BCUT2D eigenvalue weighted by atomic mass is 10.1. The molecule has 0 bridgehead atoms. The van der Waals surface area contributed by atoms with Gasteiger partial charge in [-0.1, -0.05) is 0 Å². The van der Waals surface area contributed by atoms with Crippen LogP contribution in [-0.2, 0) is 18.9 Å². The molecule has 6 amide bonds. The molecule has 6 saturated heterocycles. The van der Waals surface area contributed by atoms with E-state index in [-0.39, 0.29) is 47.5 Å². The Labute approximate surface area is 524 Å². The van der Waals surface area contributed by atoms with Gasteiger partial charge in [0.2, 0.25) is 23.8 Å². The first-order chi connectivity index (χ1) is 43.7. The van der Waals surface area contributed by atoms with E-state index in [9.17, 15) is 9.59 Å². The van der Waals surface area contributed by atoms with Gasteiger partial charge in [-0.05, 0) is 139 Å². The number of hydrogen-bond donors (Lipinski definition) is 2. The summed E-state index contributed by atoms with van der Waals surface area (Å²) >= 11 is 0. The van der Waals surface area contributed by atoms with Crippen molar-refractivity contribution in [2.24, 2.45) is 0 Å². The van der Waals surface area contributed by atoms with Gasteiger partial charge in [0.25, 0.3) is 11.8 Å². The Morgan fingerprint density at radius 3 is 1.10 bits per heavy atom. The van der Waals surface area contributed by atoms with Gasteiger partial charge in [0, 0.05) is 137 Å². The summed E-state index contributed by atoms with van der Waals surface area (Å²) in [5, 5.41) is 8.59. The van der Waals surface area contributed by atoms with Crippen molar-refractivity contribution in [3.8, 4) is 22.8 Å². The van der Waals surface area contributed by atoms with E-state index in [1.165, 1.54) is 10.0 Å². The van der Waals surface area contributed by atoms with Crippen molar-refractivity contribution in [1.29, 1.82) is 0 Å². The summed E-state index contributed by atoms with van der Waals surface area (Å²) in [6, 6.07) is 26.2. The minimum Gasteiger partial charge on any atom is -0.378 e. The Bertz CT molecular complexity index is 3260. The van der Waals surface area contributed by atoms with Crippen molar-refractivity contribution in [3.05, 3.63) is 108 Å². The second-order valence-corrected chi connectivity index (χ2v) is 23.9. The van der Waals surface area contributed by atoms with Gasteiger partial charge >= 0.3 is 12.1 Å². The number of hydrogen-bond acceptors (Lipinski definition) is 20. The molecule has 6 aromatic rings. The van der Waals surface area contributed by atoms with Crippen LogP contribution in [0.3, 0.4) is 0 Å². The first kappa shape index (κ1) is 61.6. The number of morpholine rings is 4. The number of nitrogens with zero attached hydrogens (tertiary/aromatic N) is 16. The Hall–Kier alpha value is -8.66. The summed E-state index contributed by atoms with van der Waals surface area (Å²) in [5.41, 5.74) is 3.53. The molecule has 2 N–H and O–H groups in total. The van der Waals surface area contributed by atoms with Crippen molar-refractivity contribution < 1.29 is 38.1 Å². The summed E-state index contributed by atoms with van der Waals surface area (Å²) in [6.07, 6.45) is -0.00763. The van der Waals surface area contributed by atoms with Crippen LogP contribution in [0.2, 0.25) is 0 Å². The molecule has 0 radical (unpaired) electrons. The molecular weight excluding hydrogens is 1150 g/mol. The van der Waals surface area contributed by atoms with E-state index in [0.717, 1.165) is 26.2 Å². The third-order valence-corrected chi connectivity index (χ3v) is 17.1. The first-order valence-electron chi connectivity index (χ1n) is 31.2. The highest BCUT2D eigenvalue weighted by molar-refractivity contribution is 6.13. The number of anilines is 8. The van der Waals surface area contributed by atoms with Crippen LogP contribution < -0.4 is 40.3 Å². The van der Waals surface area contributed by atoms with Crippen LogP contribution in [0.1, 0.15) is 48.4 Å². The maximum Gasteiger partial charge on any atom is 0.345 e. The quantitative estimate of drug-likeness (QED) is 0.139. The van der Waals surface area contributed by atoms with Gasteiger partial charge in [-0.3, -0.25) is 9.59 Å². The zero-order valence-electron chi connectivity index (χ0n) is 52.1. The standard InChI is InChI=1S/C64H80N18O8/c1-43-39-73(5)23-25-79(43)57(83)49-11-19-53(20-12-49)81(63(85)65-51-15-7-47(8-16-51)55-67-59(75-27-33-87-34-28-75)71-61(69-55)77-31-37-89-45(3)41-77)82(54-21-13-50(14-22-54)58(84)80-26-24-74(6)40-44(80)2)64(86)66-52-17-9-48(10-18-52)56-68-60(76-29-35-88-36-30-76)72-62(70-56)78-32-38-90-46(4)42-78/h7-22,43-46H,23-42H2,1-6H3,(H,65,85)(H,66,86). The van der Waals surface area contributed by atoms with Gasteiger partial charge in [0.05, 0.1) is 63.2 Å². The molecule has 4 aromatic carbocycles. The fraction of sp³-hybridized carbons (Fsp3) is 0.469. The summed E-state index contributed by atoms with van der Waals surface area (Å²) in [4.78, 5) is 106. The van der Waals surface area contributed by atoms with Gasteiger partial charge in [0.15, 0.2) is 11.6 Å². The number of hydrazine groups is 1. The zero-order chi connectivity index (χ0) is 62.4. The maximum atomic E-state index is 15.5. The second kappa shape index (κ2) is 27.6. The first-order valence-corrected chi connectivity index (χ1v) is 31.2. The lowest BCUT2D eigenvalue weighted by molar-refractivity contribution is 0.0524. The molecule has 4 atom stereocenters. The van der Waals surface area contributed by atoms with E-state index in [0.29, 0.717) is 174 Å². The molecule has 26 nitrogen and oxygen atoms in total. The van der Waals surface area contributed by atoms with E-state index in [2.05, 4.69) is 40.0 Å². The Balaban J connectivity index is 0.889. The van der Waals surface area contributed by atoms with E-state index in [4.69, 9.17) is 48.9 Å². The molecule has 2 aromatic heterocycles. The van der Waals surface area contributed by atoms with Crippen molar-refractivity contribution in [3.63, 3.8) is 0 Å². The molecule has 90 heavy (non-hydrogen) atoms. The maximum absolute atomic E-state index is 15.5. The van der Waals surface area contributed by atoms with Crippen LogP contribution in [0.25, 0.3) is 22.8 Å². The van der Waals surface area contributed by atoms with Gasteiger partial charge < -0.3 is 68.8 Å². The van der Waals surface area contributed by atoms with Crippen LogP contribution in [0.15, 0.2) is 97.1 Å². The van der Waals surface area contributed by atoms with Crippen molar-refractivity contribution >= 4 is 70.4 Å². The molecule has 474 valence electrons. The van der Waals surface area contributed by atoms with Crippen LogP contribution in [-0.4, -0.2) is 243 Å². The average Bonchev–Trinajstić information content (AvgIpc) is 1.07. The number of carbonyl (C=O) groups excluding carboxylic acids is 4. The molecule has 0 aliphatic carbocycles. The van der Waals surface area contributed by atoms with Gasteiger partial charge in [-0.15, -0.1) is 0 Å². The normalized spacial score (nSPS) is 21.2. The average molecular weight is 1230 g/mol. The van der Waals surface area contributed by atoms with E-state index >= 15 is 9.59 Å². The lowest BCUT2D eigenvalue weighted by Gasteiger charge is -2.38. The van der Waals surface area contributed by atoms with Crippen molar-refractivity contribution in [1.82, 2.24) is 49.5 Å². The molecule has 26 heteroatoms. The van der Waals surface area contributed by atoms with E-state index in [1.54, 1.807) is 72.8 Å². The lowest BCUT2D eigenvalue weighted by Crippen LogP contribution is -2.54. The van der Waals surface area contributed by atoms with Crippen LogP contribution in [0.5, 0.6) is 0 Å².